The fourth-order valence-corrected chi connectivity index (χ4v) is 11.2. The Bertz CT molecular complexity index is 1610. The number of alkyl halides is 3. The monoisotopic (exact) mass is 703 g/mol. The van der Waals surface area contributed by atoms with Gasteiger partial charge in [0.15, 0.2) is 0 Å². The van der Waals surface area contributed by atoms with Gasteiger partial charge in [0.1, 0.15) is 5.75 Å². The maximum Gasteiger partial charge on any atom is 0.418 e. The number of anilines is 1. The molecule has 10 heteroatoms. The van der Waals surface area contributed by atoms with Gasteiger partial charge in [0, 0.05) is 12.5 Å². The molecule has 0 amide bonds. The van der Waals surface area contributed by atoms with Crippen LogP contribution in [0.4, 0.5) is 18.9 Å². The van der Waals surface area contributed by atoms with E-state index in [4.69, 9.17) is 44.6 Å². The summed E-state index contributed by atoms with van der Waals surface area (Å²) in [6.07, 6.45) is -3.56. The lowest BCUT2D eigenvalue weighted by Gasteiger charge is -2.43. The molecule has 1 unspecified atom stereocenters. The Balaban J connectivity index is 1.67. The van der Waals surface area contributed by atoms with E-state index in [1.54, 1.807) is 7.11 Å². The largest absolute Gasteiger partial charge is 0.496 e. The first kappa shape index (κ1) is 36.0. The van der Waals surface area contributed by atoms with E-state index in [0.29, 0.717) is 25.2 Å². The van der Waals surface area contributed by atoms with E-state index in [0.717, 1.165) is 23.3 Å². The third kappa shape index (κ3) is 7.97. The summed E-state index contributed by atoms with van der Waals surface area (Å²) < 4.78 is 54.6. The van der Waals surface area contributed by atoms with E-state index < -0.39 is 26.0 Å². The number of benzene rings is 4. The Morgan fingerprint density at radius 2 is 1.43 bits per heavy atom. The molecule has 1 N–H and O–H groups in total. The van der Waals surface area contributed by atoms with Crippen molar-refractivity contribution in [2.75, 3.05) is 19.0 Å². The van der Waals surface area contributed by atoms with Crippen molar-refractivity contribution in [2.45, 2.75) is 57.7 Å². The lowest BCUT2D eigenvalue weighted by Crippen LogP contribution is -2.66. The number of hydrogen-bond acceptors (Lipinski definition) is 3. The molecular weight excluding hydrogens is 666 g/mol. The van der Waals surface area contributed by atoms with Crippen molar-refractivity contribution in [3.05, 3.63) is 118 Å². The van der Waals surface area contributed by atoms with Crippen LogP contribution in [0.25, 0.3) is 0 Å². The molecule has 0 spiro atoms. The molecule has 46 heavy (non-hydrogen) atoms. The van der Waals surface area contributed by atoms with E-state index in [9.17, 15) is 13.2 Å². The van der Waals surface area contributed by atoms with E-state index in [2.05, 4.69) is 50.4 Å². The Labute approximate surface area is 286 Å². The molecule has 4 rings (SSSR count). The molecule has 0 aliphatic rings. The molecule has 3 nitrogen and oxygen atoms in total. The molecule has 0 aliphatic carbocycles. The molecule has 0 fully saturated rings. The normalized spacial score (nSPS) is 12.9. The zero-order valence-corrected chi connectivity index (χ0v) is 29.8. The lowest BCUT2D eigenvalue weighted by molar-refractivity contribution is -0.136. The quantitative estimate of drug-likeness (QED) is 0.0957. The molecule has 0 saturated carbocycles. The molecule has 0 aliphatic heterocycles. The predicted molar refractivity (Wildman–Crippen MR) is 191 cm³/mol. The minimum atomic E-state index is -4.67. The average molecular weight is 705 g/mol. The molecule has 0 saturated heterocycles. The second-order valence-electron chi connectivity index (χ2n) is 12.2. The molecule has 1 atom stereocenters. The predicted octanol–water partition coefficient (Wildman–Crippen LogP) is 10.2. The van der Waals surface area contributed by atoms with Crippen molar-refractivity contribution in [2.24, 2.45) is 0 Å². The van der Waals surface area contributed by atoms with Crippen LogP contribution in [-0.4, -0.2) is 27.0 Å². The average Bonchev–Trinajstić information content (AvgIpc) is 3.01. The van der Waals surface area contributed by atoms with Crippen LogP contribution >= 0.6 is 35.4 Å². The summed E-state index contributed by atoms with van der Waals surface area (Å²) in [5, 5.41) is 4.81. The smallest absolute Gasteiger partial charge is 0.418 e. The van der Waals surface area contributed by atoms with Gasteiger partial charge in [-0.05, 0) is 64.5 Å². The SMILES string of the molecule is COc1cc(C(CCCO[Si](c2ccccc2)(c2ccccc2)C(C)(C)C)C(=S)Nc2cc(Cl)c(Cl)cc2C(F)(F)F)ccc1C. The highest BCUT2D eigenvalue weighted by Gasteiger charge is 2.50. The van der Waals surface area contributed by atoms with E-state index >= 15 is 0 Å². The first-order chi connectivity index (χ1) is 21.7. The minimum absolute atomic E-state index is 0.00720. The molecule has 244 valence electrons. The number of methoxy groups -OCH3 is 1. The van der Waals surface area contributed by atoms with Gasteiger partial charge in [-0.3, -0.25) is 0 Å². The number of ether oxygens (including phenoxy) is 1. The Morgan fingerprint density at radius 3 is 1.96 bits per heavy atom. The van der Waals surface area contributed by atoms with Crippen molar-refractivity contribution in [1.29, 1.82) is 0 Å². The topological polar surface area (TPSA) is 30.5 Å². The van der Waals surface area contributed by atoms with Gasteiger partial charge in [0.05, 0.1) is 33.4 Å². The number of rotatable bonds is 11. The van der Waals surface area contributed by atoms with Crippen LogP contribution in [0.3, 0.4) is 0 Å². The van der Waals surface area contributed by atoms with Gasteiger partial charge < -0.3 is 14.5 Å². The third-order valence-corrected chi connectivity index (χ3v) is 14.3. The van der Waals surface area contributed by atoms with E-state index in [1.807, 2.05) is 61.5 Å². The van der Waals surface area contributed by atoms with Crippen LogP contribution in [0.1, 0.15) is 56.2 Å². The number of thiocarbonyl (C=S) groups is 1. The third-order valence-electron chi connectivity index (χ3n) is 8.15. The molecule has 4 aromatic rings. The van der Waals surface area contributed by atoms with Crippen LogP contribution in [0, 0.1) is 6.92 Å². The van der Waals surface area contributed by atoms with Crippen molar-refractivity contribution in [3.8, 4) is 5.75 Å². The highest BCUT2D eigenvalue weighted by Crippen LogP contribution is 2.41. The van der Waals surface area contributed by atoms with Crippen molar-refractivity contribution < 1.29 is 22.3 Å². The second kappa shape index (κ2) is 14.9. The zero-order chi connectivity index (χ0) is 33.7. The summed E-state index contributed by atoms with van der Waals surface area (Å²) in [5.41, 5.74) is 0.556. The van der Waals surface area contributed by atoms with E-state index in [-0.39, 0.29) is 25.8 Å². The molecule has 4 aromatic carbocycles. The molecule has 0 bridgehead atoms. The minimum Gasteiger partial charge on any atom is -0.496 e. The summed E-state index contributed by atoms with van der Waals surface area (Å²) in [6, 6.07) is 28.4. The Hall–Kier alpha value is -2.88. The first-order valence-corrected chi connectivity index (χ1v) is 18.0. The number of aryl methyl sites for hydroxylation is 1. The molecule has 0 radical (unpaired) electrons. The van der Waals surface area contributed by atoms with Gasteiger partial charge in [-0.1, -0.05) is 129 Å². The number of hydrogen-bond donors (Lipinski definition) is 1. The van der Waals surface area contributed by atoms with Crippen molar-refractivity contribution >= 4 is 64.8 Å². The Morgan fingerprint density at radius 1 is 0.870 bits per heavy atom. The highest BCUT2D eigenvalue weighted by atomic mass is 35.5. The van der Waals surface area contributed by atoms with Crippen LogP contribution in [0.5, 0.6) is 5.75 Å². The van der Waals surface area contributed by atoms with Crippen LogP contribution in [0.15, 0.2) is 91.0 Å². The summed E-state index contributed by atoms with van der Waals surface area (Å²) in [5.74, 6) is 0.224. The van der Waals surface area contributed by atoms with Gasteiger partial charge in [-0.25, -0.2) is 0 Å². The second-order valence-corrected chi connectivity index (χ2v) is 17.8. The number of nitrogens with one attached hydrogen (secondary N) is 1. The fourth-order valence-electron chi connectivity index (χ4n) is 5.88. The number of halogens is 5. The fraction of sp³-hybridized carbons (Fsp3) is 0.306. The van der Waals surface area contributed by atoms with Crippen LogP contribution < -0.4 is 20.4 Å². The van der Waals surface area contributed by atoms with Crippen molar-refractivity contribution in [3.63, 3.8) is 0 Å². The molecule has 0 aromatic heterocycles. The standard InChI is InChI=1S/C36H38Cl2F3NO2SSi/c1-24-18-19-25(21-33(24)43-5)28(34(45)42-32-23-31(38)30(37)22-29(32)36(39,40)41)17-12-20-44-46(35(2,3)4,26-13-8-6-9-14-26)27-15-10-7-11-16-27/h6-11,13-16,18-19,21-23,28H,12,17,20H2,1-5H3,(H,42,45). The summed E-state index contributed by atoms with van der Waals surface area (Å²) >= 11 is 17.9. The van der Waals surface area contributed by atoms with Crippen molar-refractivity contribution in [1.82, 2.24) is 0 Å². The highest BCUT2D eigenvalue weighted by molar-refractivity contribution is 7.80. The lowest BCUT2D eigenvalue weighted by atomic mass is 9.92. The summed E-state index contributed by atoms with van der Waals surface area (Å²) in [7, 11) is -1.19. The maximum atomic E-state index is 14.0. The summed E-state index contributed by atoms with van der Waals surface area (Å²) in [4.78, 5) is 0.222. The first-order valence-electron chi connectivity index (χ1n) is 15.0. The maximum absolute atomic E-state index is 14.0. The molecule has 0 heterocycles. The van der Waals surface area contributed by atoms with E-state index in [1.165, 1.54) is 10.4 Å². The Kier molecular flexibility index (Phi) is 11.7. The van der Waals surface area contributed by atoms with Crippen LogP contribution in [-0.2, 0) is 10.6 Å². The van der Waals surface area contributed by atoms with Gasteiger partial charge >= 0.3 is 6.18 Å². The van der Waals surface area contributed by atoms with Gasteiger partial charge in [0.25, 0.3) is 8.32 Å². The summed E-state index contributed by atoms with van der Waals surface area (Å²) in [6.45, 7) is 9.01. The zero-order valence-electron chi connectivity index (χ0n) is 26.5. The van der Waals surface area contributed by atoms with Gasteiger partial charge in [0.2, 0.25) is 0 Å². The van der Waals surface area contributed by atoms with Gasteiger partial charge in [-0.15, -0.1) is 0 Å². The molecular formula is C36H38Cl2F3NO2SSi. The van der Waals surface area contributed by atoms with Crippen LogP contribution in [0.2, 0.25) is 15.1 Å². The van der Waals surface area contributed by atoms with Gasteiger partial charge in [-0.2, -0.15) is 13.2 Å².